The van der Waals surface area contributed by atoms with Crippen LogP contribution in [-0.4, -0.2) is 58.9 Å². The number of hydrogen-bond donors (Lipinski definition) is 2. The van der Waals surface area contributed by atoms with Gasteiger partial charge < -0.3 is 19.9 Å². The molecule has 2 bridgehead atoms. The molecule has 37 heavy (non-hydrogen) atoms. The van der Waals surface area contributed by atoms with Crippen LogP contribution in [0.1, 0.15) is 60.8 Å². The molecule has 6 unspecified atom stereocenters. The topological polar surface area (TPSA) is 136 Å². The summed E-state index contributed by atoms with van der Waals surface area (Å²) in [5, 5.41) is 13.0. The van der Waals surface area contributed by atoms with Gasteiger partial charge in [0.2, 0.25) is 5.78 Å². The minimum absolute atomic E-state index is 0.0101. The van der Waals surface area contributed by atoms with Crippen LogP contribution in [0, 0.1) is 11.3 Å². The van der Waals surface area contributed by atoms with Gasteiger partial charge in [0.1, 0.15) is 17.6 Å². The van der Waals surface area contributed by atoms with Gasteiger partial charge in [-0.25, -0.2) is 0 Å². The third-order valence-corrected chi connectivity index (χ3v) is 6.70. The summed E-state index contributed by atoms with van der Waals surface area (Å²) in [5.74, 6) is -4.19. The fourth-order valence-electron chi connectivity index (χ4n) is 4.18. The number of aliphatic hydroxyl groups is 1. The second-order valence-electron chi connectivity index (χ2n) is 9.80. The Hall–Kier alpha value is -3.33. The number of carbonyl (C=O) groups is 5. The van der Waals surface area contributed by atoms with Crippen LogP contribution in [0.25, 0.3) is 0 Å². The lowest BCUT2D eigenvalue weighted by molar-refractivity contribution is -0.181. The number of carbonyl (C=O) groups excluding carboxylic acids is 5. The largest absolute Gasteiger partial charge is 0.461 e. The van der Waals surface area contributed by atoms with Gasteiger partial charge in [-0.05, 0) is 26.8 Å². The van der Waals surface area contributed by atoms with E-state index < -0.39 is 59.1 Å². The van der Waals surface area contributed by atoms with Gasteiger partial charge in [0, 0.05) is 26.2 Å². The molecule has 0 spiro atoms. The molecule has 2 aliphatic heterocycles. The van der Waals surface area contributed by atoms with Crippen LogP contribution < -0.4 is 5.32 Å². The molecule has 2 heterocycles. The van der Waals surface area contributed by atoms with E-state index >= 15 is 0 Å². The minimum Gasteiger partial charge on any atom is -0.461 e. The fraction of sp³-hybridized carbons (Fsp3) is 0.536. The number of rotatable bonds is 4. The summed E-state index contributed by atoms with van der Waals surface area (Å²) in [6.45, 7) is 9.31. The zero-order valence-electron chi connectivity index (χ0n) is 22.3. The molecular formula is C28H37NO8. The Labute approximate surface area is 217 Å². The number of nitrogens with one attached hydrogen (secondary N) is 1. The SMILES string of the molecule is CCC(=O)OC1/C=C\C(C)=C/C(NC(=O)C(C)=O)C2(C)C(=O)OC(CC(O)/C=C/C(C)=C\C1)C(C)C2=O. The van der Waals surface area contributed by atoms with Crippen LogP contribution in [0.4, 0.5) is 0 Å². The Balaban J connectivity index is 2.61. The van der Waals surface area contributed by atoms with E-state index in [1.165, 1.54) is 13.0 Å². The van der Waals surface area contributed by atoms with Crippen LogP contribution in [0.5, 0.6) is 0 Å². The normalized spacial score (nSPS) is 35.6. The third-order valence-electron chi connectivity index (χ3n) is 6.70. The predicted octanol–water partition coefficient (Wildman–Crippen LogP) is 2.68. The quantitative estimate of drug-likeness (QED) is 0.331. The average Bonchev–Trinajstić information content (AvgIpc) is 2.85. The molecule has 0 aromatic carbocycles. The third kappa shape index (κ3) is 7.58. The first kappa shape index (κ1) is 29.9. The summed E-state index contributed by atoms with van der Waals surface area (Å²) in [6.07, 6.45) is 8.13. The lowest BCUT2D eigenvalue weighted by Gasteiger charge is -2.42. The first-order valence-corrected chi connectivity index (χ1v) is 12.5. The first-order valence-electron chi connectivity index (χ1n) is 12.5. The molecule has 2 N–H and O–H groups in total. The molecular weight excluding hydrogens is 478 g/mol. The van der Waals surface area contributed by atoms with E-state index in [9.17, 15) is 29.1 Å². The number of esters is 2. The number of ketones is 2. The molecule has 1 aliphatic carbocycles. The zero-order chi connectivity index (χ0) is 27.9. The Morgan fingerprint density at radius 2 is 1.81 bits per heavy atom. The molecule has 0 aromatic rings. The lowest BCUT2D eigenvalue weighted by Crippen LogP contribution is -2.61. The van der Waals surface area contributed by atoms with Crippen molar-refractivity contribution >= 4 is 29.4 Å². The van der Waals surface area contributed by atoms with E-state index in [1.54, 1.807) is 45.1 Å². The van der Waals surface area contributed by atoms with Crippen LogP contribution in [-0.2, 0) is 33.4 Å². The summed E-state index contributed by atoms with van der Waals surface area (Å²) >= 11 is 0. The highest BCUT2D eigenvalue weighted by Gasteiger charge is 2.56. The smallest absolute Gasteiger partial charge is 0.322 e. The second-order valence-corrected chi connectivity index (χ2v) is 9.80. The Morgan fingerprint density at radius 3 is 2.43 bits per heavy atom. The van der Waals surface area contributed by atoms with E-state index in [-0.39, 0.29) is 18.8 Å². The van der Waals surface area contributed by atoms with E-state index in [4.69, 9.17) is 9.47 Å². The number of fused-ring (bicyclic) bond motifs is 10. The molecule has 9 heteroatoms. The van der Waals surface area contributed by atoms with E-state index in [0.29, 0.717) is 12.0 Å². The van der Waals surface area contributed by atoms with Crippen molar-refractivity contribution in [2.75, 3.05) is 0 Å². The van der Waals surface area contributed by atoms with E-state index in [0.717, 1.165) is 12.5 Å². The van der Waals surface area contributed by atoms with Crippen LogP contribution in [0.2, 0.25) is 0 Å². The lowest BCUT2D eigenvalue weighted by atomic mass is 9.69. The zero-order valence-corrected chi connectivity index (χ0v) is 22.3. The highest BCUT2D eigenvalue weighted by atomic mass is 16.6. The van der Waals surface area contributed by atoms with Gasteiger partial charge in [0.25, 0.3) is 5.91 Å². The standard InChI is InChI=1S/C28H37NO8/c1-7-24(32)36-21-12-9-16(2)8-11-20(31)15-22-18(4)25(33)28(6,27(35)37-22)23(14-17(3)10-13-21)29-26(34)19(5)30/h8-11,13-14,18,20-23,31H,7,12,15H2,1-6H3,(H,29,34)/b11-8+,13-10-,16-9-,17-14-. The number of allylic oxidation sites excluding steroid dienone is 4. The summed E-state index contributed by atoms with van der Waals surface area (Å²) in [4.78, 5) is 62.8. The monoisotopic (exact) mass is 515 g/mol. The van der Waals surface area contributed by atoms with Crippen LogP contribution in [0.15, 0.2) is 47.6 Å². The van der Waals surface area contributed by atoms with Gasteiger partial charge in [-0.15, -0.1) is 0 Å². The summed E-state index contributed by atoms with van der Waals surface area (Å²) < 4.78 is 11.1. The molecule has 1 fully saturated rings. The maximum atomic E-state index is 13.6. The highest BCUT2D eigenvalue weighted by molar-refractivity contribution is 6.35. The van der Waals surface area contributed by atoms with Gasteiger partial charge in [-0.2, -0.15) is 0 Å². The van der Waals surface area contributed by atoms with Crippen molar-refractivity contribution in [2.45, 2.75) is 85.2 Å². The van der Waals surface area contributed by atoms with Gasteiger partial charge in [-0.3, -0.25) is 24.0 Å². The van der Waals surface area contributed by atoms with Crippen molar-refractivity contribution in [1.82, 2.24) is 5.32 Å². The van der Waals surface area contributed by atoms with Crippen molar-refractivity contribution in [3.8, 4) is 0 Å². The summed E-state index contributed by atoms with van der Waals surface area (Å²) in [6, 6.07) is -1.18. The van der Waals surface area contributed by atoms with Gasteiger partial charge in [-0.1, -0.05) is 55.4 Å². The molecule has 3 rings (SSSR count). The van der Waals surface area contributed by atoms with Gasteiger partial charge in [0.05, 0.1) is 18.1 Å². The predicted molar refractivity (Wildman–Crippen MR) is 136 cm³/mol. The van der Waals surface area contributed by atoms with Gasteiger partial charge in [0.15, 0.2) is 5.78 Å². The molecule has 202 valence electrons. The maximum Gasteiger partial charge on any atom is 0.322 e. The number of hydrogen-bond acceptors (Lipinski definition) is 8. The number of aliphatic hydroxyl groups excluding tert-OH is 1. The molecule has 3 aliphatic rings. The highest BCUT2D eigenvalue weighted by Crippen LogP contribution is 2.38. The molecule has 9 nitrogen and oxygen atoms in total. The van der Waals surface area contributed by atoms with Crippen molar-refractivity contribution < 1.29 is 38.6 Å². The number of amides is 1. The van der Waals surface area contributed by atoms with E-state index in [2.05, 4.69) is 5.32 Å². The number of Topliss-reactive ketones (excluding diaryl/α,β-unsaturated/α-hetero) is 2. The van der Waals surface area contributed by atoms with Crippen molar-refractivity contribution in [3.05, 3.63) is 47.6 Å². The summed E-state index contributed by atoms with van der Waals surface area (Å²) in [5.41, 5.74) is -0.425. The molecule has 6 atom stereocenters. The minimum atomic E-state index is -1.81. The molecule has 0 aromatic heterocycles. The molecule has 0 saturated carbocycles. The van der Waals surface area contributed by atoms with Crippen LogP contribution in [0.3, 0.4) is 0 Å². The van der Waals surface area contributed by atoms with Crippen molar-refractivity contribution in [2.24, 2.45) is 11.3 Å². The maximum absolute atomic E-state index is 13.6. The molecule has 1 saturated heterocycles. The average molecular weight is 516 g/mol. The number of ether oxygens (including phenoxy) is 2. The van der Waals surface area contributed by atoms with Gasteiger partial charge >= 0.3 is 11.9 Å². The van der Waals surface area contributed by atoms with Crippen molar-refractivity contribution in [1.29, 1.82) is 0 Å². The second kappa shape index (κ2) is 12.8. The Bertz CT molecular complexity index is 1050. The molecule has 1 amide bonds. The first-order chi connectivity index (χ1) is 17.3. The summed E-state index contributed by atoms with van der Waals surface area (Å²) in [7, 11) is 0. The van der Waals surface area contributed by atoms with E-state index in [1.807, 2.05) is 13.0 Å². The Morgan fingerprint density at radius 1 is 1.16 bits per heavy atom. The fourth-order valence-corrected chi connectivity index (χ4v) is 4.18. The Kier molecular flexibility index (Phi) is 10.3. The molecule has 0 radical (unpaired) electrons. The van der Waals surface area contributed by atoms with Crippen molar-refractivity contribution in [3.63, 3.8) is 0 Å². The van der Waals surface area contributed by atoms with Crippen LogP contribution >= 0.6 is 0 Å².